The average molecular weight is 293 g/mol. The number of carbonyl (C=O) groups excluding carboxylic acids is 1. The first kappa shape index (κ1) is 14.7. The van der Waals surface area contributed by atoms with Crippen LogP contribution in [0.2, 0.25) is 5.02 Å². The number of halogens is 1. The Bertz CT molecular complexity index is 572. The lowest BCUT2D eigenvalue weighted by atomic mass is 10.1. The van der Waals surface area contributed by atoms with Gasteiger partial charge in [0.15, 0.2) is 0 Å². The van der Waals surface area contributed by atoms with Crippen molar-refractivity contribution >= 4 is 23.4 Å². The van der Waals surface area contributed by atoms with Crippen molar-refractivity contribution < 1.29 is 9.53 Å². The molecule has 5 heteroatoms. The first-order valence-corrected chi connectivity index (χ1v) is 6.87. The molecule has 1 saturated carbocycles. The van der Waals surface area contributed by atoms with Gasteiger partial charge in [0.1, 0.15) is 5.60 Å². The van der Waals surface area contributed by atoms with E-state index in [-0.39, 0.29) is 11.8 Å². The van der Waals surface area contributed by atoms with Gasteiger partial charge in [0.05, 0.1) is 12.0 Å². The van der Waals surface area contributed by atoms with Crippen LogP contribution in [0.5, 0.6) is 0 Å². The monoisotopic (exact) mass is 292 g/mol. The lowest BCUT2D eigenvalue weighted by Gasteiger charge is -2.20. The first-order valence-electron chi connectivity index (χ1n) is 6.49. The number of anilines is 1. The van der Waals surface area contributed by atoms with E-state index in [9.17, 15) is 4.79 Å². The van der Waals surface area contributed by atoms with Crippen LogP contribution in [-0.2, 0) is 4.74 Å². The third-order valence-corrected chi connectivity index (χ3v) is 3.34. The van der Waals surface area contributed by atoms with Gasteiger partial charge in [-0.2, -0.15) is 5.26 Å². The quantitative estimate of drug-likeness (QED) is 0.883. The number of nitriles is 1. The maximum absolute atomic E-state index is 11.7. The van der Waals surface area contributed by atoms with E-state index in [4.69, 9.17) is 21.6 Å². The number of hydrogen-bond acceptors (Lipinski definition) is 3. The fourth-order valence-corrected chi connectivity index (χ4v) is 2.27. The molecule has 0 spiro atoms. The molecular weight excluding hydrogens is 276 g/mol. The maximum Gasteiger partial charge on any atom is 0.412 e. The second-order valence-corrected chi connectivity index (χ2v) is 6.35. The number of amides is 1. The summed E-state index contributed by atoms with van der Waals surface area (Å²) in [5, 5.41) is 12.2. The molecule has 106 valence electrons. The third-order valence-electron chi connectivity index (χ3n) is 3.00. The van der Waals surface area contributed by atoms with Gasteiger partial charge in [0.2, 0.25) is 0 Å². The van der Waals surface area contributed by atoms with Gasteiger partial charge in [0, 0.05) is 16.6 Å². The molecule has 0 aromatic heterocycles. The molecule has 4 nitrogen and oxygen atoms in total. The molecule has 1 aliphatic carbocycles. The van der Waals surface area contributed by atoms with E-state index in [0.29, 0.717) is 10.7 Å². The molecule has 0 radical (unpaired) electrons. The van der Waals surface area contributed by atoms with Gasteiger partial charge < -0.3 is 4.74 Å². The van der Waals surface area contributed by atoms with Crippen LogP contribution in [-0.4, -0.2) is 11.7 Å². The summed E-state index contributed by atoms with van der Waals surface area (Å²) in [5.41, 5.74) is 0.996. The lowest BCUT2D eigenvalue weighted by molar-refractivity contribution is 0.0636. The summed E-state index contributed by atoms with van der Waals surface area (Å²) < 4.78 is 5.19. The Morgan fingerprint density at radius 3 is 2.75 bits per heavy atom. The molecule has 1 aliphatic rings. The molecule has 1 fully saturated rings. The number of ether oxygens (including phenoxy) is 1. The largest absolute Gasteiger partial charge is 0.444 e. The number of carbonyl (C=O) groups is 1. The van der Waals surface area contributed by atoms with E-state index >= 15 is 0 Å². The van der Waals surface area contributed by atoms with Crippen LogP contribution in [0.25, 0.3) is 0 Å². The molecule has 2 rings (SSSR count). The standard InChI is InChI=1S/C15H17ClN2O2/c1-15(2,3)20-14(19)18-10-4-5-13(16)12(7-10)11-6-9(11)8-17/h4-5,7,9,11H,6H2,1-3H3,(H,18,19). The molecule has 20 heavy (non-hydrogen) atoms. The topological polar surface area (TPSA) is 62.1 Å². The van der Waals surface area contributed by atoms with Crippen LogP contribution < -0.4 is 5.32 Å². The van der Waals surface area contributed by atoms with E-state index in [1.807, 2.05) is 26.8 Å². The van der Waals surface area contributed by atoms with Crippen LogP contribution in [0.15, 0.2) is 18.2 Å². The normalized spacial score (nSPS) is 20.9. The molecule has 0 saturated heterocycles. The van der Waals surface area contributed by atoms with Crippen molar-refractivity contribution in [2.45, 2.75) is 38.7 Å². The van der Waals surface area contributed by atoms with Crippen molar-refractivity contribution in [3.63, 3.8) is 0 Å². The van der Waals surface area contributed by atoms with E-state index in [1.54, 1.807) is 12.1 Å². The molecular formula is C15H17ClN2O2. The fraction of sp³-hybridized carbons (Fsp3) is 0.467. The van der Waals surface area contributed by atoms with Crippen LogP contribution in [0.4, 0.5) is 10.5 Å². The predicted octanol–water partition coefficient (Wildman–Crippen LogP) is 4.31. The molecule has 2 atom stereocenters. The molecule has 2 unspecified atom stereocenters. The maximum atomic E-state index is 11.7. The average Bonchev–Trinajstić information content (AvgIpc) is 3.08. The van der Waals surface area contributed by atoms with Gasteiger partial charge in [-0.3, -0.25) is 5.32 Å². The zero-order valence-electron chi connectivity index (χ0n) is 11.7. The summed E-state index contributed by atoms with van der Waals surface area (Å²) in [7, 11) is 0. The molecule has 0 bridgehead atoms. The van der Waals surface area contributed by atoms with Crippen molar-refractivity contribution in [2.24, 2.45) is 5.92 Å². The van der Waals surface area contributed by atoms with Crippen LogP contribution in [0, 0.1) is 17.2 Å². The SMILES string of the molecule is CC(C)(C)OC(=O)Nc1ccc(Cl)c(C2CC2C#N)c1. The third kappa shape index (κ3) is 3.64. The molecule has 1 aromatic carbocycles. The minimum Gasteiger partial charge on any atom is -0.444 e. The highest BCUT2D eigenvalue weighted by Crippen LogP contribution is 2.49. The van der Waals surface area contributed by atoms with Crippen molar-refractivity contribution in [1.29, 1.82) is 5.26 Å². The molecule has 1 N–H and O–H groups in total. The fourth-order valence-electron chi connectivity index (χ4n) is 2.01. The molecule has 0 aliphatic heterocycles. The highest BCUT2D eigenvalue weighted by molar-refractivity contribution is 6.31. The van der Waals surface area contributed by atoms with Crippen molar-refractivity contribution in [1.82, 2.24) is 0 Å². The van der Waals surface area contributed by atoms with Gasteiger partial charge in [0.25, 0.3) is 0 Å². The summed E-state index contributed by atoms with van der Waals surface area (Å²) in [5.74, 6) is 0.206. The van der Waals surface area contributed by atoms with Crippen LogP contribution >= 0.6 is 11.6 Å². The van der Waals surface area contributed by atoms with Gasteiger partial charge in [-0.05, 0) is 51.0 Å². The number of nitrogens with zero attached hydrogens (tertiary/aromatic N) is 1. The highest BCUT2D eigenvalue weighted by atomic mass is 35.5. The smallest absolute Gasteiger partial charge is 0.412 e. The summed E-state index contributed by atoms with van der Waals surface area (Å²) in [4.78, 5) is 11.7. The number of hydrogen-bond donors (Lipinski definition) is 1. The van der Waals surface area contributed by atoms with E-state index < -0.39 is 11.7 Å². The Balaban J connectivity index is 2.09. The van der Waals surface area contributed by atoms with Gasteiger partial charge in [-0.1, -0.05) is 11.6 Å². The Hall–Kier alpha value is -1.73. The van der Waals surface area contributed by atoms with Crippen molar-refractivity contribution in [3.8, 4) is 6.07 Å². The van der Waals surface area contributed by atoms with E-state index in [2.05, 4.69) is 11.4 Å². The van der Waals surface area contributed by atoms with Gasteiger partial charge in [-0.15, -0.1) is 0 Å². The minimum atomic E-state index is -0.540. The Labute approximate surface area is 123 Å². The minimum absolute atomic E-state index is 0.0317. The molecule has 1 amide bonds. The molecule has 0 heterocycles. The second-order valence-electron chi connectivity index (χ2n) is 5.94. The van der Waals surface area contributed by atoms with Crippen molar-refractivity contribution in [3.05, 3.63) is 28.8 Å². The van der Waals surface area contributed by atoms with Gasteiger partial charge in [-0.25, -0.2) is 4.79 Å². The predicted molar refractivity (Wildman–Crippen MR) is 77.8 cm³/mol. The number of benzene rings is 1. The van der Waals surface area contributed by atoms with Crippen LogP contribution in [0.1, 0.15) is 38.7 Å². The Kier molecular flexibility index (Phi) is 3.92. The van der Waals surface area contributed by atoms with Gasteiger partial charge >= 0.3 is 6.09 Å². The zero-order chi connectivity index (χ0) is 14.9. The summed E-state index contributed by atoms with van der Waals surface area (Å²) in [6, 6.07) is 7.50. The number of rotatable bonds is 2. The summed E-state index contributed by atoms with van der Waals surface area (Å²) in [6.45, 7) is 5.42. The van der Waals surface area contributed by atoms with E-state index in [0.717, 1.165) is 12.0 Å². The molecule has 1 aromatic rings. The summed E-state index contributed by atoms with van der Waals surface area (Å²) in [6.07, 6.45) is 0.324. The zero-order valence-corrected chi connectivity index (χ0v) is 12.5. The Morgan fingerprint density at radius 1 is 1.50 bits per heavy atom. The second kappa shape index (κ2) is 5.34. The van der Waals surface area contributed by atoms with Crippen LogP contribution in [0.3, 0.4) is 0 Å². The highest BCUT2D eigenvalue weighted by Gasteiger charge is 2.39. The summed E-state index contributed by atoms with van der Waals surface area (Å²) >= 11 is 6.14. The number of nitrogens with one attached hydrogen (secondary N) is 1. The van der Waals surface area contributed by atoms with E-state index in [1.165, 1.54) is 0 Å². The van der Waals surface area contributed by atoms with Crippen molar-refractivity contribution in [2.75, 3.05) is 5.32 Å². The Morgan fingerprint density at radius 2 is 2.20 bits per heavy atom. The first-order chi connectivity index (χ1) is 9.30. The lowest BCUT2D eigenvalue weighted by Crippen LogP contribution is -2.27.